The Kier molecular flexibility index (Phi) is 6.95. The highest BCUT2D eigenvalue weighted by Crippen LogP contribution is 2.19. The molecule has 6 nitrogen and oxygen atoms in total. The number of halogens is 1. The van der Waals surface area contributed by atoms with E-state index in [1.54, 1.807) is 11.9 Å². The normalized spacial score (nSPS) is 10.6. The van der Waals surface area contributed by atoms with Gasteiger partial charge in [0.05, 0.1) is 17.9 Å². The molecule has 0 aliphatic carbocycles. The Bertz CT molecular complexity index is 1000. The molecule has 0 saturated carbocycles. The van der Waals surface area contributed by atoms with Gasteiger partial charge < -0.3 is 10.2 Å². The minimum absolute atomic E-state index is 0.103. The van der Waals surface area contributed by atoms with Crippen LogP contribution in [0.25, 0.3) is 11.3 Å². The number of nitrogens with one attached hydrogen (secondary N) is 1. The van der Waals surface area contributed by atoms with Crippen molar-refractivity contribution in [2.45, 2.75) is 12.8 Å². The van der Waals surface area contributed by atoms with Crippen LogP contribution >= 0.6 is 0 Å². The molecule has 1 N–H and O–H groups in total. The molecule has 0 aliphatic rings. The van der Waals surface area contributed by atoms with Crippen LogP contribution in [0, 0.1) is 5.82 Å². The number of hydrogen-bond donors (Lipinski definition) is 1. The second kappa shape index (κ2) is 9.82. The van der Waals surface area contributed by atoms with Crippen LogP contribution in [0.1, 0.15) is 22.5 Å². The standard InChI is InChI=1S/C23H25FN4O2/c1-27(22(29)16-25-23(30)18-10-12-19(24)13-11-18)14-6-9-20-15-21(28(2)26-20)17-7-4-3-5-8-17/h3-5,7-8,10-13,15H,6,9,14,16H2,1-2H3,(H,25,30). The van der Waals surface area contributed by atoms with Crippen molar-refractivity contribution < 1.29 is 14.0 Å². The van der Waals surface area contributed by atoms with Gasteiger partial charge in [-0.3, -0.25) is 14.3 Å². The van der Waals surface area contributed by atoms with Gasteiger partial charge in [-0.1, -0.05) is 30.3 Å². The number of carbonyl (C=O) groups excluding carboxylic acids is 2. The van der Waals surface area contributed by atoms with Gasteiger partial charge >= 0.3 is 0 Å². The van der Waals surface area contributed by atoms with Gasteiger partial charge in [0, 0.05) is 26.2 Å². The maximum Gasteiger partial charge on any atom is 0.251 e. The largest absolute Gasteiger partial charge is 0.344 e. The number of hydrogen-bond acceptors (Lipinski definition) is 3. The average molecular weight is 408 g/mol. The molecular weight excluding hydrogens is 383 g/mol. The van der Waals surface area contributed by atoms with E-state index in [2.05, 4.69) is 16.5 Å². The minimum atomic E-state index is -0.411. The van der Waals surface area contributed by atoms with Gasteiger partial charge in [-0.2, -0.15) is 5.10 Å². The van der Waals surface area contributed by atoms with Crippen molar-refractivity contribution in [3.05, 3.63) is 77.7 Å². The fourth-order valence-corrected chi connectivity index (χ4v) is 3.14. The van der Waals surface area contributed by atoms with Gasteiger partial charge in [0.15, 0.2) is 0 Å². The summed E-state index contributed by atoms with van der Waals surface area (Å²) < 4.78 is 14.8. The summed E-state index contributed by atoms with van der Waals surface area (Å²) in [7, 11) is 3.63. The van der Waals surface area contributed by atoms with E-state index in [1.807, 2.05) is 42.1 Å². The Morgan fingerprint density at radius 3 is 2.50 bits per heavy atom. The van der Waals surface area contributed by atoms with E-state index in [0.717, 1.165) is 29.8 Å². The quantitative estimate of drug-likeness (QED) is 0.623. The van der Waals surface area contributed by atoms with Crippen LogP contribution < -0.4 is 5.32 Å². The van der Waals surface area contributed by atoms with Crippen molar-refractivity contribution in [3.63, 3.8) is 0 Å². The van der Waals surface area contributed by atoms with Gasteiger partial charge in [0.25, 0.3) is 5.91 Å². The molecule has 0 aliphatic heterocycles. The van der Waals surface area contributed by atoms with Gasteiger partial charge in [-0.15, -0.1) is 0 Å². The number of carbonyl (C=O) groups is 2. The molecule has 0 unspecified atom stereocenters. The maximum absolute atomic E-state index is 12.9. The summed E-state index contributed by atoms with van der Waals surface area (Å²) in [4.78, 5) is 25.9. The zero-order chi connectivity index (χ0) is 21.5. The summed E-state index contributed by atoms with van der Waals surface area (Å²) in [6, 6.07) is 17.3. The molecular formula is C23H25FN4O2. The number of amides is 2. The molecule has 2 aromatic carbocycles. The number of aryl methyl sites for hydroxylation is 2. The van der Waals surface area contributed by atoms with E-state index >= 15 is 0 Å². The molecule has 0 atom stereocenters. The molecule has 30 heavy (non-hydrogen) atoms. The molecule has 1 aromatic heterocycles. The molecule has 3 rings (SSSR count). The average Bonchev–Trinajstić information content (AvgIpc) is 3.13. The highest BCUT2D eigenvalue weighted by atomic mass is 19.1. The first-order valence-corrected chi connectivity index (χ1v) is 9.80. The summed E-state index contributed by atoms with van der Waals surface area (Å²) >= 11 is 0. The lowest BCUT2D eigenvalue weighted by atomic mass is 10.1. The topological polar surface area (TPSA) is 67.2 Å². The molecule has 0 fully saturated rings. The zero-order valence-corrected chi connectivity index (χ0v) is 17.1. The molecule has 0 saturated heterocycles. The fraction of sp³-hybridized carbons (Fsp3) is 0.261. The highest BCUT2D eigenvalue weighted by Gasteiger charge is 2.13. The van der Waals surface area contributed by atoms with Gasteiger partial charge in [0.2, 0.25) is 5.91 Å². The third-order valence-electron chi connectivity index (χ3n) is 4.86. The van der Waals surface area contributed by atoms with Crippen molar-refractivity contribution in [1.29, 1.82) is 0 Å². The molecule has 0 spiro atoms. The number of aromatic nitrogens is 2. The SMILES string of the molecule is CN(CCCc1cc(-c2ccccc2)n(C)n1)C(=O)CNC(=O)c1ccc(F)cc1. The van der Waals surface area contributed by atoms with E-state index in [4.69, 9.17) is 0 Å². The third-order valence-corrected chi connectivity index (χ3v) is 4.86. The van der Waals surface area contributed by atoms with Crippen molar-refractivity contribution in [1.82, 2.24) is 20.0 Å². The highest BCUT2D eigenvalue weighted by molar-refractivity contribution is 5.96. The van der Waals surface area contributed by atoms with Crippen molar-refractivity contribution in [2.75, 3.05) is 20.1 Å². The monoisotopic (exact) mass is 408 g/mol. The smallest absolute Gasteiger partial charge is 0.251 e. The Balaban J connectivity index is 1.44. The Morgan fingerprint density at radius 2 is 1.80 bits per heavy atom. The van der Waals surface area contributed by atoms with Crippen LogP contribution in [-0.2, 0) is 18.3 Å². The molecule has 156 valence electrons. The van der Waals surface area contributed by atoms with Crippen LogP contribution in [0.2, 0.25) is 0 Å². The summed E-state index contributed by atoms with van der Waals surface area (Å²) in [5.41, 5.74) is 3.46. The third kappa shape index (κ3) is 5.53. The van der Waals surface area contributed by atoms with Crippen LogP contribution in [0.4, 0.5) is 4.39 Å². The van der Waals surface area contributed by atoms with Gasteiger partial charge in [-0.05, 0) is 48.7 Å². The van der Waals surface area contributed by atoms with Crippen LogP contribution in [-0.4, -0.2) is 46.6 Å². The first kappa shape index (κ1) is 21.2. The number of nitrogens with zero attached hydrogens (tertiary/aromatic N) is 3. The lowest BCUT2D eigenvalue weighted by Gasteiger charge is -2.17. The second-order valence-electron chi connectivity index (χ2n) is 7.12. The van der Waals surface area contributed by atoms with Gasteiger partial charge in [0.1, 0.15) is 5.82 Å². The van der Waals surface area contributed by atoms with Crippen LogP contribution in [0.15, 0.2) is 60.7 Å². The maximum atomic E-state index is 12.9. The van der Waals surface area contributed by atoms with E-state index in [-0.39, 0.29) is 12.5 Å². The molecule has 0 radical (unpaired) electrons. The minimum Gasteiger partial charge on any atom is -0.344 e. The Morgan fingerprint density at radius 1 is 1.10 bits per heavy atom. The summed E-state index contributed by atoms with van der Waals surface area (Å²) in [6.45, 7) is 0.455. The van der Waals surface area contributed by atoms with E-state index in [9.17, 15) is 14.0 Å². The molecule has 0 bridgehead atoms. The number of benzene rings is 2. The second-order valence-corrected chi connectivity index (χ2v) is 7.12. The van der Waals surface area contributed by atoms with Gasteiger partial charge in [-0.25, -0.2) is 4.39 Å². The first-order valence-electron chi connectivity index (χ1n) is 9.80. The van der Waals surface area contributed by atoms with Crippen LogP contribution in [0.5, 0.6) is 0 Å². The van der Waals surface area contributed by atoms with Crippen molar-refractivity contribution in [2.24, 2.45) is 7.05 Å². The van der Waals surface area contributed by atoms with Crippen molar-refractivity contribution in [3.8, 4) is 11.3 Å². The van der Waals surface area contributed by atoms with Crippen LogP contribution in [0.3, 0.4) is 0 Å². The molecule has 1 heterocycles. The zero-order valence-electron chi connectivity index (χ0n) is 17.1. The number of likely N-dealkylation sites (N-methyl/N-ethyl adjacent to an activating group) is 1. The Labute approximate surface area is 175 Å². The van der Waals surface area contributed by atoms with Crippen molar-refractivity contribution >= 4 is 11.8 Å². The molecule has 7 heteroatoms. The summed E-state index contributed by atoms with van der Waals surface area (Å²) in [6.07, 6.45) is 1.51. The lowest BCUT2D eigenvalue weighted by molar-refractivity contribution is -0.128. The first-order chi connectivity index (χ1) is 14.4. The van der Waals surface area contributed by atoms with E-state index in [1.165, 1.54) is 24.3 Å². The fourth-order valence-electron chi connectivity index (χ4n) is 3.14. The van der Waals surface area contributed by atoms with E-state index in [0.29, 0.717) is 12.1 Å². The summed E-state index contributed by atoms with van der Waals surface area (Å²) in [5, 5.41) is 7.13. The number of rotatable bonds is 8. The predicted octanol–water partition coefficient (Wildman–Crippen LogP) is 3.05. The van der Waals surface area contributed by atoms with E-state index < -0.39 is 11.7 Å². The lowest BCUT2D eigenvalue weighted by Crippen LogP contribution is -2.38. The Hall–Kier alpha value is -3.48. The molecule has 2 amide bonds. The predicted molar refractivity (Wildman–Crippen MR) is 113 cm³/mol. The summed E-state index contributed by atoms with van der Waals surface area (Å²) in [5.74, 6) is -0.999. The molecule has 3 aromatic rings.